The van der Waals surface area contributed by atoms with E-state index in [4.69, 9.17) is 0 Å². The van der Waals surface area contributed by atoms with Crippen LogP contribution in [0.1, 0.15) is 0 Å². The lowest BCUT2D eigenvalue weighted by Gasteiger charge is -2.26. The van der Waals surface area contributed by atoms with Crippen molar-refractivity contribution in [2.45, 2.75) is 4.90 Å². The molecule has 0 spiro atoms. The maximum absolute atomic E-state index is 11.8. The van der Waals surface area contributed by atoms with Crippen molar-refractivity contribution >= 4 is 9.84 Å². The van der Waals surface area contributed by atoms with Gasteiger partial charge in [-0.05, 0) is 0 Å². The highest BCUT2D eigenvalue weighted by atomic mass is 32.2. The molecule has 0 atom stereocenters. The van der Waals surface area contributed by atoms with Gasteiger partial charge in [0.25, 0.3) is 0 Å². The highest BCUT2D eigenvalue weighted by molar-refractivity contribution is 7.91. The van der Waals surface area contributed by atoms with Gasteiger partial charge < -0.3 is 9.84 Å². The fraction of sp³-hybridized carbons (Fsp3) is 0.667. The molecule has 2 heterocycles. The molecule has 0 bridgehead atoms. The Balaban J connectivity index is 1.89. The average molecular weight is 245 g/mol. The van der Waals surface area contributed by atoms with Gasteiger partial charge in [-0.25, -0.2) is 8.42 Å². The second-order valence-electron chi connectivity index (χ2n) is 3.77. The van der Waals surface area contributed by atoms with Gasteiger partial charge in [0.15, 0.2) is 9.84 Å². The van der Waals surface area contributed by atoms with Crippen molar-refractivity contribution in [2.75, 3.05) is 38.5 Å². The summed E-state index contributed by atoms with van der Waals surface area (Å²) in [5, 5.41) is 6.63. The SMILES string of the molecule is O=S(=O)(CCN1CCNCC1)c1cnoc1. The van der Waals surface area contributed by atoms with Crippen LogP contribution in [0.15, 0.2) is 21.9 Å². The van der Waals surface area contributed by atoms with Crippen molar-refractivity contribution in [3.05, 3.63) is 12.5 Å². The van der Waals surface area contributed by atoms with Gasteiger partial charge in [0.05, 0.1) is 11.9 Å². The molecule has 1 aliphatic rings. The van der Waals surface area contributed by atoms with Crippen LogP contribution in [-0.2, 0) is 9.84 Å². The summed E-state index contributed by atoms with van der Waals surface area (Å²) in [6.45, 7) is 4.22. The molecule has 1 aromatic rings. The van der Waals surface area contributed by atoms with Crippen LogP contribution in [0.2, 0.25) is 0 Å². The number of nitrogens with one attached hydrogen (secondary N) is 1. The summed E-state index contributed by atoms with van der Waals surface area (Å²) in [6.07, 6.45) is 2.42. The van der Waals surface area contributed by atoms with Gasteiger partial charge in [-0.1, -0.05) is 5.16 Å². The molecule has 1 aromatic heterocycles. The van der Waals surface area contributed by atoms with Crippen LogP contribution in [0.5, 0.6) is 0 Å². The van der Waals surface area contributed by atoms with Crippen LogP contribution in [0.4, 0.5) is 0 Å². The van der Waals surface area contributed by atoms with Crippen LogP contribution in [0, 0.1) is 0 Å². The highest BCUT2D eigenvalue weighted by Gasteiger charge is 2.19. The summed E-state index contributed by atoms with van der Waals surface area (Å²) >= 11 is 0. The molecule has 90 valence electrons. The number of rotatable bonds is 4. The number of sulfone groups is 1. The number of nitrogens with zero attached hydrogens (tertiary/aromatic N) is 2. The molecule has 1 fully saturated rings. The largest absolute Gasteiger partial charge is 0.363 e. The van der Waals surface area contributed by atoms with Gasteiger partial charge in [-0.3, -0.25) is 4.90 Å². The zero-order chi connectivity index (χ0) is 11.4. The Morgan fingerprint density at radius 2 is 2.19 bits per heavy atom. The summed E-state index contributed by atoms with van der Waals surface area (Å²) in [4.78, 5) is 2.31. The first-order valence-corrected chi connectivity index (χ1v) is 6.89. The van der Waals surface area contributed by atoms with Gasteiger partial charge >= 0.3 is 0 Å². The number of hydrogen-bond acceptors (Lipinski definition) is 6. The molecule has 0 unspecified atom stereocenters. The molecule has 0 aliphatic carbocycles. The maximum atomic E-state index is 11.8. The van der Waals surface area contributed by atoms with Crippen molar-refractivity contribution in [2.24, 2.45) is 0 Å². The predicted octanol–water partition coefficient (Wildman–Crippen LogP) is -0.646. The molecule has 7 heteroatoms. The van der Waals surface area contributed by atoms with E-state index in [0.29, 0.717) is 6.54 Å². The molecule has 1 aliphatic heterocycles. The van der Waals surface area contributed by atoms with E-state index >= 15 is 0 Å². The van der Waals surface area contributed by atoms with Crippen molar-refractivity contribution < 1.29 is 12.9 Å². The van der Waals surface area contributed by atoms with Gasteiger partial charge in [0, 0.05) is 32.7 Å². The molecule has 0 radical (unpaired) electrons. The first-order valence-electron chi connectivity index (χ1n) is 5.24. The van der Waals surface area contributed by atoms with E-state index in [1.165, 1.54) is 12.5 Å². The molecule has 1 saturated heterocycles. The number of aromatic nitrogens is 1. The van der Waals surface area contributed by atoms with Gasteiger partial charge in [-0.2, -0.15) is 0 Å². The Morgan fingerprint density at radius 3 is 2.81 bits per heavy atom. The minimum Gasteiger partial charge on any atom is -0.363 e. The summed E-state index contributed by atoms with van der Waals surface area (Å²) < 4.78 is 28.1. The van der Waals surface area contributed by atoms with Crippen LogP contribution >= 0.6 is 0 Å². The zero-order valence-corrected chi connectivity index (χ0v) is 9.74. The van der Waals surface area contributed by atoms with Crippen molar-refractivity contribution in [3.63, 3.8) is 0 Å². The van der Waals surface area contributed by atoms with E-state index in [-0.39, 0.29) is 10.6 Å². The third kappa shape index (κ3) is 2.81. The molecule has 1 N–H and O–H groups in total. The van der Waals surface area contributed by atoms with E-state index in [1.807, 2.05) is 0 Å². The Bertz CT molecular complexity index is 409. The molecule has 0 saturated carbocycles. The zero-order valence-electron chi connectivity index (χ0n) is 8.92. The Labute approximate surface area is 94.5 Å². The standard InChI is InChI=1S/C9H15N3O3S/c13-16(14,9-7-11-15-8-9)6-5-12-3-1-10-2-4-12/h7-8,10H,1-6H2. The summed E-state index contributed by atoms with van der Waals surface area (Å²) in [6, 6.07) is 0. The normalized spacial score (nSPS) is 18.8. The third-order valence-electron chi connectivity index (χ3n) is 2.65. The smallest absolute Gasteiger partial charge is 0.184 e. The molecule has 0 aromatic carbocycles. The second-order valence-corrected chi connectivity index (χ2v) is 5.88. The molecule has 16 heavy (non-hydrogen) atoms. The van der Waals surface area contributed by atoms with Crippen LogP contribution in [-0.4, -0.2) is 57.0 Å². The third-order valence-corrected chi connectivity index (χ3v) is 4.29. The summed E-state index contributed by atoms with van der Waals surface area (Å²) in [7, 11) is -3.23. The maximum Gasteiger partial charge on any atom is 0.184 e. The fourth-order valence-corrected chi connectivity index (χ4v) is 2.78. The van der Waals surface area contributed by atoms with E-state index < -0.39 is 9.84 Å². The van der Waals surface area contributed by atoms with Gasteiger partial charge in [-0.15, -0.1) is 0 Å². The summed E-state index contributed by atoms with van der Waals surface area (Å²) in [5.41, 5.74) is 0. The number of hydrogen-bond donors (Lipinski definition) is 1. The van der Waals surface area contributed by atoms with Crippen molar-refractivity contribution in [1.29, 1.82) is 0 Å². The van der Waals surface area contributed by atoms with Crippen LogP contribution < -0.4 is 5.32 Å². The Morgan fingerprint density at radius 1 is 1.44 bits per heavy atom. The molecule has 6 nitrogen and oxygen atoms in total. The van der Waals surface area contributed by atoms with E-state index in [0.717, 1.165) is 26.2 Å². The molecule has 2 rings (SSSR count). The topological polar surface area (TPSA) is 75.4 Å². The van der Waals surface area contributed by atoms with Gasteiger partial charge in [0.1, 0.15) is 11.2 Å². The highest BCUT2D eigenvalue weighted by Crippen LogP contribution is 2.09. The average Bonchev–Trinajstić information content (AvgIpc) is 2.82. The monoisotopic (exact) mass is 245 g/mol. The lowest BCUT2D eigenvalue weighted by Crippen LogP contribution is -2.45. The summed E-state index contributed by atoms with van der Waals surface area (Å²) in [5.74, 6) is 0.119. The van der Waals surface area contributed by atoms with Crippen molar-refractivity contribution in [3.8, 4) is 0 Å². The first-order chi connectivity index (χ1) is 7.68. The van der Waals surface area contributed by atoms with Crippen LogP contribution in [0.3, 0.4) is 0 Å². The molecule has 0 amide bonds. The minimum absolute atomic E-state index is 0.119. The fourth-order valence-electron chi connectivity index (χ4n) is 1.65. The lowest BCUT2D eigenvalue weighted by atomic mass is 10.4. The Hall–Kier alpha value is -0.920. The lowest BCUT2D eigenvalue weighted by molar-refractivity contribution is 0.254. The van der Waals surface area contributed by atoms with Gasteiger partial charge in [0.2, 0.25) is 0 Å². The number of piperazine rings is 1. The van der Waals surface area contributed by atoms with E-state index in [2.05, 4.69) is 19.9 Å². The predicted molar refractivity (Wildman–Crippen MR) is 57.9 cm³/mol. The van der Waals surface area contributed by atoms with Crippen molar-refractivity contribution in [1.82, 2.24) is 15.4 Å². The first kappa shape index (κ1) is 11.6. The minimum atomic E-state index is -3.23. The quantitative estimate of drug-likeness (QED) is 0.760. The second kappa shape index (κ2) is 4.94. The van der Waals surface area contributed by atoms with E-state index in [9.17, 15) is 8.42 Å². The van der Waals surface area contributed by atoms with Crippen LogP contribution in [0.25, 0.3) is 0 Å². The van der Waals surface area contributed by atoms with E-state index in [1.54, 1.807) is 0 Å². The molecular weight excluding hydrogens is 230 g/mol. The molecular formula is C9H15N3O3S. The Kier molecular flexibility index (Phi) is 3.57.